The fraction of sp³-hybridized carbons (Fsp3) is 0.462. The first kappa shape index (κ1) is 13.4. The van der Waals surface area contributed by atoms with Crippen LogP contribution in [0.3, 0.4) is 0 Å². The fourth-order valence-electron chi connectivity index (χ4n) is 1.60. The van der Waals surface area contributed by atoms with Crippen molar-refractivity contribution in [1.82, 2.24) is 0 Å². The zero-order valence-electron chi connectivity index (χ0n) is 10.8. The van der Waals surface area contributed by atoms with Gasteiger partial charge in [0.15, 0.2) is 0 Å². The summed E-state index contributed by atoms with van der Waals surface area (Å²) in [7, 11) is 1.39. The molecule has 1 aromatic carbocycles. The number of hydrogen-bond donors (Lipinski definition) is 2. The van der Waals surface area contributed by atoms with Crippen molar-refractivity contribution in [3.63, 3.8) is 0 Å². The minimum absolute atomic E-state index is 0.142. The summed E-state index contributed by atoms with van der Waals surface area (Å²) in [6.07, 6.45) is 0. The van der Waals surface area contributed by atoms with Crippen molar-refractivity contribution in [3.05, 3.63) is 23.8 Å². The topological polar surface area (TPSA) is 64.3 Å². The zero-order chi connectivity index (χ0) is 13.0. The Morgan fingerprint density at radius 3 is 2.59 bits per heavy atom. The van der Waals surface area contributed by atoms with E-state index >= 15 is 0 Å². The summed E-state index contributed by atoms with van der Waals surface area (Å²) < 4.78 is 4.78. The van der Waals surface area contributed by atoms with Gasteiger partial charge < -0.3 is 15.8 Å². The number of nitrogen functional groups attached to an aromatic ring is 1. The Hall–Kier alpha value is -1.71. The van der Waals surface area contributed by atoms with Gasteiger partial charge in [-0.05, 0) is 30.5 Å². The van der Waals surface area contributed by atoms with Gasteiger partial charge in [0.25, 0.3) is 0 Å². The van der Waals surface area contributed by atoms with Crippen LogP contribution in [0.1, 0.15) is 19.4 Å². The number of anilines is 2. The van der Waals surface area contributed by atoms with Gasteiger partial charge in [0, 0.05) is 11.4 Å². The van der Waals surface area contributed by atoms with E-state index in [4.69, 9.17) is 10.5 Å². The van der Waals surface area contributed by atoms with Crippen LogP contribution in [0, 0.1) is 12.8 Å². The second-order valence-corrected chi connectivity index (χ2v) is 4.41. The summed E-state index contributed by atoms with van der Waals surface area (Å²) in [4.78, 5) is 11.6. The lowest BCUT2D eigenvalue weighted by Gasteiger charge is -2.22. The molecule has 1 atom stereocenters. The smallest absolute Gasteiger partial charge is 0.328 e. The molecule has 4 heteroatoms. The van der Waals surface area contributed by atoms with Crippen LogP contribution in [0.25, 0.3) is 0 Å². The van der Waals surface area contributed by atoms with Crippen LogP contribution in [0.4, 0.5) is 11.4 Å². The van der Waals surface area contributed by atoms with Crippen molar-refractivity contribution >= 4 is 17.3 Å². The van der Waals surface area contributed by atoms with Crippen LogP contribution >= 0.6 is 0 Å². The highest BCUT2D eigenvalue weighted by molar-refractivity contribution is 5.80. The van der Waals surface area contributed by atoms with Gasteiger partial charge in [-0.2, -0.15) is 0 Å². The van der Waals surface area contributed by atoms with Crippen LogP contribution in [0.15, 0.2) is 18.2 Å². The van der Waals surface area contributed by atoms with Crippen LogP contribution < -0.4 is 11.1 Å². The van der Waals surface area contributed by atoms with Gasteiger partial charge >= 0.3 is 5.97 Å². The molecule has 1 rings (SSSR count). The highest BCUT2D eigenvalue weighted by Gasteiger charge is 2.23. The number of methoxy groups -OCH3 is 1. The quantitative estimate of drug-likeness (QED) is 0.621. The molecule has 0 saturated carbocycles. The van der Waals surface area contributed by atoms with Gasteiger partial charge in [0.2, 0.25) is 0 Å². The molecular formula is C13H20N2O2. The maximum absolute atomic E-state index is 11.6. The first-order valence-electron chi connectivity index (χ1n) is 5.66. The number of benzene rings is 1. The third-order valence-corrected chi connectivity index (χ3v) is 2.81. The highest BCUT2D eigenvalue weighted by Crippen LogP contribution is 2.22. The minimum Gasteiger partial charge on any atom is -0.467 e. The Morgan fingerprint density at radius 2 is 2.06 bits per heavy atom. The van der Waals surface area contributed by atoms with Gasteiger partial charge in [-0.1, -0.05) is 19.9 Å². The lowest BCUT2D eigenvalue weighted by atomic mass is 10.0. The summed E-state index contributed by atoms with van der Waals surface area (Å²) in [6, 6.07) is 5.24. The maximum atomic E-state index is 11.6. The molecule has 1 unspecified atom stereocenters. The SMILES string of the molecule is COC(=O)C(Nc1cccc(N)c1C)C(C)C. The van der Waals surface area contributed by atoms with E-state index in [9.17, 15) is 4.79 Å². The molecule has 1 aromatic rings. The molecular weight excluding hydrogens is 216 g/mol. The molecule has 0 aliphatic carbocycles. The molecule has 0 aromatic heterocycles. The van der Waals surface area contributed by atoms with E-state index in [0.29, 0.717) is 5.69 Å². The second kappa shape index (κ2) is 5.57. The van der Waals surface area contributed by atoms with Gasteiger partial charge in [-0.25, -0.2) is 4.79 Å². The standard InChI is InChI=1S/C13H20N2O2/c1-8(2)12(13(16)17-4)15-11-7-5-6-10(14)9(11)3/h5-8,12,15H,14H2,1-4H3. The molecule has 3 N–H and O–H groups in total. The van der Waals surface area contributed by atoms with E-state index in [2.05, 4.69) is 5.32 Å². The van der Waals surface area contributed by atoms with Crippen molar-refractivity contribution in [1.29, 1.82) is 0 Å². The number of carbonyl (C=O) groups is 1. The minimum atomic E-state index is -0.361. The summed E-state index contributed by atoms with van der Waals surface area (Å²) in [6.45, 7) is 5.86. The van der Waals surface area contributed by atoms with Crippen molar-refractivity contribution in [2.24, 2.45) is 5.92 Å². The molecule has 17 heavy (non-hydrogen) atoms. The summed E-state index contributed by atoms with van der Waals surface area (Å²) in [5.41, 5.74) is 8.35. The molecule has 0 aliphatic rings. The zero-order valence-corrected chi connectivity index (χ0v) is 10.8. The van der Waals surface area contributed by atoms with E-state index in [0.717, 1.165) is 11.3 Å². The number of carbonyl (C=O) groups excluding carboxylic acids is 1. The Kier molecular flexibility index (Phi) is 4.37. The molecule has 0 heterocycles. The summed E-state index contributed by atoms with van der Waals surface area (Å²) >= 11 is 0. The van der Waals surface area contributed by atoms with Crippen molar-refractivity contribution in [3.8, 4) is 0 Å². The monoisotopic (exact) mass is 236 g/mol. The first-order chi connectivity index (χ1) is 7.97. The summed E-state index contributed by atoms with van der Waals surface area (Å²) in [5, 5.41) is 3.18. The third kappa shape index (κ3) is 3.12. The number of hydrogen-bond acceptors (Lipinski definition) is 4. The molecule has 0 radical (unpaired) electrons. The summed E-state index contributed by atoms with van der Waals surface area (Å²) in [5.74, 6) is -0.120. The normalized spacial score (nSPS) is 12.3. The number of nitrogens with two attached hydrogens (primary N) is 1. The number of nitrogens with one attached hydrogen (secondary N) is 1. The largest absolute Gasteiger partial charge is 0.467 e. The number of esters is 1. The Morgan fingerprint density at radius 1 is 1.41 bits per heavy atom. The lowest BCUT2D eigenvalue weighted by molar-refractivity contribution is -0.142. The Balaban J connectivity index is 2.94. The number of rotatable bonds is 4. The van der Waals surface area contributed by atoms with Gasteiger partial charge in [0.1, 0.15) is 6.04 Å². The van der Waals surface area contributed by atoms with Crippen LogP contribution in [0.5, 0.6) is 0 Å². The molecule has 0 fully saturated rings. The van der Waals surface area contributed by atoms with Crippen LogP contribution in [0.2, 0.25) is 0 Å². The van der Waals surface area contributed by atoms with Crippen molar-refractivity contribution in [2.45, 2.75) is 26.8 Å². The van der Waals surface area contributed by atoms with Crippen LogP contribution in [-0.2, 0) is 9.53 Å². The van der Waals surface area contributed by atoms with Crippen LogP contribution in [-0.4, -0.2) is 19.1 Å². The maximum Gasteiger partial charge on any atom is 0.328 e. The van der Waals surface area contributed by atoms with Crippen molar-refractivity contribution < 1.29 is 9.53 Å². The third-order valence-electron chi connectivity index (χ3n) is 2.81. The van der Waals surface area contributed by atoms with E-state index in [1.54, 1.807) is 0 Å². The molecule has 0 spiro atoms. The highest BCUT2D eigenvalue weighted by atomic mass is 16.5. The Bertz CT molecular complexity index is 402. The predicted octanol–water partition coefficient (Wildman–Crippen LogP) is 2.19. The average molecular weight is 236 g/mol. The molecule has 0 saturated heterocycles. The van der Waals surface area contributed by atoms with Gasteiger partial charge in [-0.3, -0.25) is 0 Å². The molecule has 4 nitrogen and oxygen atoms in total. The average Bonchev–Trinajstić information content (AvgIpc) is 2.29. The van der Waals surface area contributed by atoms with E-state index < -0.39 is 0 Å². The molecule has 0 amide bonds. The molecule has 0 aliphatic heterocycles. The van der Waals surface area contributed by atoms with Gasteiger partial charge in [-0.15, -0.1) is 0 Å². The predicted molar refractivity (Wildman–Crippen MR) is 69.9 cm³/mol. The van der Waals surface area contributed by atoms with E-state index in [1.165, 1.54) is 7.11 Å². The lowest BCUT2D eigenvalue weighted by Crippen LogP contribution is -2.35. The fourth-order valence-corrected chi connectivity index (χ4v) is 1.60. The molecule has 0 bridgehead atoms. The Labute approximate surface area is 102 Å². The molecule has 94 valence electrons. The van der Waals surface area contributed by atoms with E-state index in [-0.39, 0.29) is 17.9 Å². The number of ether oxygens (including phenoxy) is 1. The van der Waals surface area contributed by atoms with E-state index in [1.807, 2.05) is 39.0 Å². The second-order valence-electron chi connectivity index (χ2n) is 4.41. The first-order valence-corrected chi connectivity index (χ1v) is 5.66. The van der Waals surface area contributed by atoms with Crippen molar-refractivity contribution in [2.75, 3.05) is 18.2 Å². The van der Waals surface area contributed by atoms with Gasteiger partial charge in [0.05, 0.1) is 7.11 Å².